The highest BCUT2D eigenvalue weighted by molar-refractivity contribution is 6.32. The van der Waals surface area contributed by atoms with E-state index in [9.17, 15) is 4.79 Å². The van der Waals surface area contributed by atoms with Gasteiger partial charge in [0, 0.05) is 12.8 Å². The molecule has 0 saturated heterocycles. The second kappa shape index (κ2) is 8.02. The molecule has 128 valence electrons. The van der Waals surface area contributed by atoms with Gasteiger partial charge in [0.15, 0.2) is 0 Å². The number of anilines is 1. The van der Waals surface area contributed by atoms with E-state index in [-0.39, 0.29) is 5.91 Å². The summed E-state index contributed by atoms with van der Waals surface area (Å²) in [6.07, 6.45) is 4.58. The summed E-state index contributed by atoms with van der Waals surface area (Å²) in [5.74, 6) is 1.03. The lowest BCUT2D eigenvalue weighted by Gasteiger charge is -2.37. The fourth-order valence-electron chi connectivity index (χ4n) is 3.14. The number of ether oxygens (including phenoxy) is 2. The minimum atomic E-state index is -0.735. The monoisotopic (exact) mass is 339 g/mol. The highest BCUT2D eigenvalue weighted by Gasteiger charge is 2.42. The molecule has 0 unspecified atom stereocenters. The predicted octanol–water partition coefficient (Wildman–Crippen LogP) is 4.66. The van der Waals surface area contributed by atoms with E-state index in [0.717, 1.165) is 32.1 Å². The van der Waals surface area contributed by atoms with Crippen molar-refractivity contribution < 1.29 is 14.3 Å². The van der Waals surface area contributed by atoms with Gasteiger partial charge >= 0.3 is 0 Å². The van der Waals surface area contributed by atoms with Gasteiger partial charge in [-0.2, -0.15) is 0 Å². The average Bonchev–Trinajstić information content (AvgIpc) is 2.54. The van der Waals surface area contributed by atoms with Crippen LogP contribution in [-0.4, -0.2) is 25.2 Å². The fraction of sp³-hybridized carbons (Fsp3) is 0.611. The Morgan fingerprint density at radius 1 is 1.48 bits per heavy atom. The summed E-state index contributed by atoms with van der Waals surface area (Å²) in [6, 6.07) is 5.32. The van der Waals surface area contributed by atoms with Crippen molar-refractivity contribution in [2.45, 2.75) is 51.6 Å². The zero-order chi connectivity index (χ0) is 16.9. The lowest BCUT2D eigenvalue weighted by atomic mass is 9.78. The molecule has 1 N–H and O–H groups in total. The molecule has 0 spiro atoms. The van der Waals surface area contributed by atoms with Crippen LogP contribution in [0.25, 0.3) is 0 Å². The minimum absolute atomic E-state index is 0.0927. The zero-order valence-electron chi connectivity index (χ0n) is 14.2. The van der Waals surface area contributed by atoms with Gasteiger partial charge in [-0.3, -0.25) is 4.79 Å². The fourth-order valence-corrected chi connectivity index (χ4v) is 3.38. The van der Waals surface area contributed by atoms with Crippen LogP contribution >= 0.6 is 11.6 Å². The van der Waals surface area contributed by atoms with Gasteiger partial charge in [0.05, 0.1) is 11.6 Å². The molecule has 0 bridgehead atoms. The molecule has 4 nitrogen and oxygen atoms in total. The summed E-state index contributed by atoms with van der Waals surface area (Å²) in [6.45, 7) is 4.82. The maximum atomic E-state index is 12.7. The number of rotatable bonds is 6. The summed E-state index contributed by atoms with van der Waals surface area (Å²) in [5.41, 5.74) is -0.0693. The predicted molar refractivity (Wildman–Crippen MR) is 93.2 cm³/mol. The van der Waals surface area contributed by atoms with Gasteiger partial charge in [-0.15, -0.1) is 0 Å². The molecule has 5 heteroatoms. The number of hydrogen-bond acceptors (Lipinski definition) is 3. The standard InChI is InChI=1S/C18H26ClNO3/c1-4-10-23-16-8-7-14(11-15(16)19)20-17(21)18(22-3)9-5-6-13(2)12-18/h7-8,11,13H,4-6,9-10,12H2,1-3H3,(H,20,21)/t13-,18-/m1/s1. The van der Waals surface area contributed by atoms with Gasteiger partial charge in [0.25, 0.3) is 5.91 Å². The van der Waals surface area contributed by atoms with Crippen LogP contribution in [0.1, 0.15) is 46.0 Å². The molecule has 1 fully saturated rings. The molecule has 1 aliphatic rings. The molecular weight excluding hydrogens is 314 g/mol. The van der Waals surface area contributed by atoms with Crippen molar-refractivity contribution >= 4 is 23.2 Å². The van der Waals surface area contributed by atoms with Gasteiger partial charge in [-0.05, 0) is 49.8 Å². The first-order valence-corrected chi connectivity index (χ1v) is 8.67. The third-order valence-electron chi connectivity index (χ3n) is 4.41. The van der Waals surface area contributed by atoms with Crippen LogP contribution in [-0.2, 0) is 9.53 Å². The molecule has 1 aliphatic carbocycles. The van der Waals surface area contributed by atoms with Crippen LogP contribution in [0, 0.1) is 5.92 Å². The van der Waals surface area contributed by atoms with Crippen LogP contribution in [0.2, 0.25) is 5.02 Å². The maximum Gasteiger partial charge on any atom is 0.256 e. The van der Waals surface area contributed by atoms with E-state index < -0.39 is 5.60 Å². The Hall–Kier alpha value is -1.26. The van der Waals surface area contributed by atoms with Crippen molar-refractivity contribution in [2.75, 3.05) is 19.0 Å². The van der Waals surface area contributed by atoms with Crippen LogP contribution in [0.5, 0.6) is 5.75 Å². The van der Waals surface area contributed by atoms with E-state index in [4.69, 9.17) is 21.1 Å². The van der Waals surface area contributed by atoms with Gasteiger partial charge < -0.3 is 14.8 Å². The van der Waals surface area contributed by atoms with E-state index in [1.54, 1.807) is 19.2 Å². The summed E-state index contributed by atoms with van der Waals surface area (Å²) >= 11 is 6.22. The Morgan fingerprint density at radius 2 is 2.26 bits per heavy atom. The molecule has 2 atom stereocenters. The lowest BCUT2D eigenvalue weighted by Crippen LogP contribution is -2.47. The van der Waals surface area contributed by atoms with Crippen LogP contribution in [0.3, 0.4) is 0 Å². The molecule has 1 aromatic carbocycles. The van der Waals surface area contributed by atoms with E-state index in [2.05, 4.69) is 12.2 Å². The molecule has 1 saturated carbocycles. The van der Waals surface area contributed by atoms with Crippen LogP contribution < -0.4 is 10.1 Å². The molecule has 0 radical (unpaired) electrons. The number of carbonyl (C=O) groups excluding carboxylic acids is 1. The van der Waals surface area contributed by atoms with E-state index in [0.29, 0.717) is 29.0 Å². The zero-order valence-corrected chi connectivity index (χ0v) is 14.9. The molecular formula is C18H26ClNO3. The number of benzene rings is 1. The van der Waals surface area contributed by atoms with Gasteiger partial charge in [0.2, 0.25) is 0 Å². The summed E-state index contributed by atoms with van der Waals surface area (Å²) in [5, 5.41) is 3.44. The first kappa shape index (κ1) is 18.1. The third kappa shape index (κ3) is 4.39. The van der Waals surface area contributed by atoms with Crippen LogP contribution in [0.4, 0.5) is 5.69 Å². The summed E-state index contributed by atoms with van der Waals surface area (Å²) in [7, 11) is 1.62. The number of hydrogen-bond donors (Lipinski definition) is 1. The lowest BCUT2D eigenvalue weighted by molar-refractivity contribution is -0.143. The van der Waals surface area contributed by atoms with Crippen molar-refractivity contribution in [3.05, 3.63) is 23.2 Å². The SMILES string of the molecule is CCCOc1ccc(NC(=O)[C@@]2(OC)CCC[C@@H](C)C2)cc1Cl. The maximum absolute atomic E-state index is 12.7. The number of halogens is 1. The Labute approximate surface area is 143 Å². The van der Waals surface area contributed by atoms with Gasteiger partial charge in [-0.25, -0.2) is 0 Å². The van der Waals surface area contributed by atoms with E-state index in [1.807, 2.05) is 13.0 Å². The molecule has 0 aliphatic heterocycles. The molecule has 2 rings (SSSR count). The Balaban J connectivity index is 2.08. The second-order valence-electron chi connectivity index (χ2n) is 6.35. The molecule has 1 aromatic rings. The molecule has 1 amide bonds. The van der Waals surface area contributed by atoms with Gasteiger partial charge in [0.1, 0.15) is 11.4 Å². The summed E-state index contributed by atoms with van der Waals surface area (Å²) < 4.78 is 11.2. The largest absolute Gasteiger partial charge is 0.492 e. The van der Waals surface area contributed by atoms with Crippen molar-refractivity contribution in [1.82, 2.24) is 0 Å². The quantitative estimate of drug-likeness (QED) is 0.819. The van der Waals surface area contributed by atoms with Crippen molar-refractivity contribution in [1.29, 1.82) is 0 Å². The Kier molecular flexibility index (Phi) is 6.31. The smallest absolute Gasteiger partial charge is 0.256 e. The number of carbonyl (C=O) groups is 1. The second-order valence-corrected chi connectivity index (χ2v) is 6.75. The number of methoxy groups -OCH3 is 1. The highest BCUT2D eigenvalue weighted by Crippen LogP contribution is 2.36. The first-order chi connectivity index (χ1) is 11.0. The van der Waals surface area contributed by atoms with E-state index >= 15 is 0 Å². The Morgan fingerprint density at radius 3 is 2.87 bits per heavy atom. The highest BCUT2D eigenvalue weighted by atomic mass is 35.5. The number of nitrogens with one attached hydrogen (secondary N) is 1. The Bertz CT molecular complexity index is 549. The van der Waals surface area contributed by atoms with Crippen LogP contribution in [0.15, 0.2) is 18.2 Å². The average molecular weight is 340 g/mol. The summed E-state index contributed by atoms with van der Waals surface area (Å²) in [4.78, 5) is 12.7. The molecule has 0 heterocycles. The third-order valence-corrected chi connectivity index (χ3v) is 4.71. The van der Waals surface area contributed by atoms with E-state index in [1.165, 1.54) is 0 Å². The van der Waals surface area contributed by atoms with Gasteiger partial charge in [-0.1, -0.05) is 31.9 Å². The first-order valence-electron chi connectivity index (χ1n) is 8.29. The van der Waals surface area contributed by atoms with Crippen molar-refractivity contribution in [2.24, 2.45) is 5.92 Å². The topological polar surface area (TPSA) is 47.6 Å². The van der Waals surface area contributed by atoms with Crippen molar-refractivity contribution in [3.8, 4) is 5.75 Å². The number of amides is 1. The normalized spacial score (nSPS) is 24.3. The van der Waals surface area contributed by atoms with Crippen molar-refractivity contribution in [3.63, 3.8) is 0 Å². The molecule has 0 aromatic heterocycles. The minimum Gasteiger partial charge on any atom is -0.492 e. The molecule has 23 heavy (non-hydrogen) atoms.